The maximum Gasteiger partial charge on any atom is 0.213 e. The van der Waals surface area contributed by atoms with Crippen LogP contribution in [0.15, 0.2) is 18.2 Å². The first-order chi connectivity index (χ1) is 8.74. The van der Waals surface area contributed by atoms with E-state index >= 15 is 0 Å². The predicted molar refractivity (Wildman–Crippen MR) is 73.7 cm³/mol. The number of pyridine rings is 1. The smallest absolute Gasteiger partial charge is 0.213 e. The van der Waals surface area contributed by atoms with Gasteiger partial charge in [-0.05, 0) is 24.8 Å². The zero-order chi connectivity index (χ0) is 12.8. The lowest BCUT2D eigenvalue weighted by atomic mass is 10.1. The summed E-state index contributed by atoms with van der Waals surface area (Å²) in [5.41, 5.74) is 1.05. The third-order valence-electron chi connectivity index (χ3n) is 3.41. The van der Waals surface area contributed by atoms with Crippen LogP contribution in [-0.2, 0) is 6.54 Å². The number of hydrogen-bond acceptors (Lipinski definition) is 3. The number of rotatable bonds is 6. The van der Waals surface area contributed by atoms with Crippen LogP contribution in [0, 0.1) is 5.92 Å². The number of hydrogen-bond donors (Lipinski definition) is 1. The summed E-state index contributed by atoms with van der Waals surface area (Å²) in [5.74, 6) is 1.51. The van der Waals surface area contributed by atoms with Gasteiger partial charge in [-0.2, -0.15) is 0 Å². The van der Waals surface area contributed by atoms with Crippen LogP contribution in [-0.4, -0.2) is 17.6 Å². The van der Waals surface area contributed by atoms with Crippen LogP contribution in [0.2, 0.25) is 0 Å². The third-order valence-corrected chi connectivity index (χ3v) is 3.41. The van der Waals surface area contributed by atoms with Crippen LogP contribution in [0.5, 0.6) is 5.88 Å². The highest BCUT2D eigenvalue weighted by atomic mass is 16.5. The van der Waals surface area contributed by atoms with E-state index in [1.54, 1.807) is 0 Å². The van der Waals surface area contributed by atoms with E-state index in [-0.39, 0.29) is 0 Å². The Morgan fingerprint density at radius 1 is 1.33 bits per heavy atom. The molecule has 3 heteroatoms. The predicted octanol–water partition coefficient (Wildman–Crippen LogP) is 3.15. The monoisotopic (exact) mass is 248 g/mol. The Hall–Kier alpha value is -1.09. The molecule has 18 heavy (non-hydrogen) atoms. The van der Waals surface area contributed by atoms with Crippen molar-refractivity contribution in [3.63, 3.8) is 0 Å². The van der Waals surface area contributed by atoms with Crippen LogP contribution in [0.4, 0.5) is 0 Å². The van der Waals surface area contributed by atoms with E-state index in [4.69, 9.17) is 4.74 Å². The zero-order valence-electron chi connectivity index (χ0n) is 11.5. The Bertz CT molecular complexity index is 359. The second-order valence-corrected chi connectivity index (χ2v) is 5.46. The number of aromatic nitrogens is 1. The van der Waals surface area contributed by atoms with Gasteiger partial charge in [0, 0.05) is 18.7 Å². The molecule has 0 radical (unpaired) electrons. The molecule has 1 aromatic rings. The third kappa shape index (κ3) is 4.30. The molecule has 2 rings (SSSR count). The molecule has 0 aliphatic heterocycles. The normalized spacial score (nSPS) is 16.4. The largest absolute Gasteiger partial charge is 0.477 e. The SMILES string of the molecule is CC(C)NCc1cccc(OCC2CCCC2)n1. The van der Waals surface area contributed by atoms with Crippen molar-refractivity contribution in [1.82, 2.24) is 10.3 Å². The lowest BCUT2D eigenvalue weighted by Gasteiger charge is -2.12. The van der Waals surface area contributed by atoms with Gasteiger partial charge in [0.25, 0.3) is 0 Å². The minimum atomic E-state index is 0.481. The van der Waals surface area contributed by atoms with Crippen molar-refractivity contribution in [3.05, 3.63) is 23.9 Å². The van der Waals surface area contributed by atoms with Gasteiger partial charge in [0.15, 0.2) is 0 Å². The van der Waals surface area contributed by atoms with E-state index in [1.807, 2.05) is 18.2 Å². The molecule has 1 saturated carbocycles. The molecule has 100 valence electrons. The average Bonchev–Trinajstić information content (AvgIpc) is 2.87. The molecule has 1 N–H and O–H groups in total. The lowest BCUT2D eigenvalue weighted by molar-refractivity contribution is 0.243. The number of nitrogens with zero attached hydrogens (tertiary/aromatic N) is 1. The summed E-state index contributed by atoms with van der Waals surface area (Å²) >= 11 is 0. The van der Waals surface area contributed by atoms with Crippen molar-refractivity contribution in [2.45, 2.75) is 52.1 Å². The van der Waals surface area contributed by atoms with Crippen LogP contribution in [0.3, 0.4) is 0 Å². The topological polar surface area (TPSA) is 34.1 Å². The highest BCUT2D eigenvalue weighted by Crippen LogP contribution is 2.25. The fourth-order valence-corrected chi connectivity index (χ4v) is 2.33. The zero-order valence-corrected chi connectivity index (χ0v) is 11.5. The molecular weight excluding hydrogens is 224 g/mol. The Morgan fingerprint density at radius 3 is 2.83 bits per heavy atom. The Morgan fingerprint density at radius 2 is 2.11 bits per heavy atom. The Kier molecular flexibility index (Phi) is 5.00. The van der Waals surface area contributed by atoms with Crippen LogP contribution in [0.25, 0.3) is 0 Å². The fourth-order valence-electron chi connectivity index (χ4n) is 2.33. The van der Waals surface area contributed by atoms with Crippen LogP contribution >= 0.6 is 0 Å². The van der Waals surface area contributed by atoms with Gasteiger partial charge in [-0.1, -0.05) is 32.8 Å². The van der Waals surface area contributed by atoms with Crippen molar-refractivity contribution in [2.24, 2.45) is 5.92 Å². The fraction of sp³-hybridized carbons (Fsp3) is 0.667. The molecule has 1 aliphatic carbocycles. The first-order valence-electron chi connectivity index (χ1n) is 7.06. The van der Waals surface area contributed by atoms with Crippen molar-refractivity contribution < 1.29 is 4.74 Å². The van der Waals surface area contributed by atoms with E-state index in [0.29, 0.717) is 6.04 Å². The molecule has 1 aliphatic rings. The summed E-state index contributed by atoms with van der Waals surface area (Å²) in [5, 5.41) is 3.37. The second kappa shape index (κ2) is 6.74. The minimum absolute atomic E-state index is 0.481. The molecule has 0 aromatic carbocycles. The maximum atomic E-state index is 5.80. The summed E-state index contributed by atoms with van der Waals surface area (Å²) in [6.45, 7) is 5.91. The van der Waals surface area contributed by atoms with Gasteiger partial charge in [-0.3, -0.25) is 0 Å². The standard InChI is InChI=1S/C15H24N2O/c1-12(2)16-10-14-8-5-9-15(17-14)18-11-13-6-3-4-7-13/h5,8-9,12-13,16H,3-4,6-7,10-11H2,1-2H3. The summed E-state index contributed by atoms with van der Waals surface area (Å²) in [6, 6.07) is 6.50. The van der Waals surface area contributed by atoms with Crippen LogP contribution in [0.1, 0.15) is 45.2 Å². The number of nitrogens with one attached hydrogen (secondary N) is 1. The minimum Gasteiger partial charge on any atom is -0.477 e. The highest BCUT2D eigenvalue weighted by Gasteiger charge is 2.15. The lowest BCUT2D eigenvalue weighted by Crippen LogP contribution is -2.22. The van der Waals surface area contributed by atoms with Gasteiger partial charge >= 0.3 is 0 Å². The van der Waals surface area contributed by atoms with Gasteiger partial charge in [0.05, 0.1) is 12.3 Å². The van der Waals surface area contributed by atoms with E-state index in [1.165, 1.54) is 25.7 Å². The first-order valence-corrected chi connectivity index (χ1v) is 7.06. The summed E-state index contributed by atoms with van der Waals surface area (Å²) in [7, 11) is 0. The molecule has 0 spiro atoms. The van der Waals surface area contributed by atoms with Gasteiger partial charge in [-0.25, -0.2) is 4.98 Å². The molecular formula is C15H24N2O. The molecule has 0 atom stereocenters. The number of ether oxygens (including phenoxy) is 1. The molecule has 1 aromatic heterocycles. The Labute approximate surface area is 110 Å². The average molecular weight is 248 g/mol. The quantitative estimate of drug-likeness (QED) is 0.839. The summed E-state index contributed by atoms with van der Waals surface area (Å²) in [6.07, 6.45) is 5.35. The van der Waals surface area contributed by atoms with Crippen LogP contribution < -0.4 is 10.1 Å². The maximum absolute atomic E-state index is 5.80. The second-order valence-electron chi connectivity index (χ2n) is 5.46. The Balaban J connectivity index is 1.82. The van der Waals surface area contributed by atoms with Gasteiger partial charge in [-0.15, -0.1) is 0 Å². The molecule has 3 nitrogen and oxygen atoms in total. The van der Waals surface area contributed by atoms with E-state index in [0.717, 1.165) is 30.6 Å². The highest BCUT2D eigenvalue weighted by molar-refractivity contribution is 5.15. The van der Waals surface area contributed by atoms with Gasteiger partial charge in [0.1, 0.15) is 0 Å². The summed E-state index contributed by atoms with van der Waals surface area (Å²) < 4.78 is 5.80. The van der Waals surface area contributed by atoms with Crippen molar-refractivity contribution >= 4 is 0 Å². The summed E-state index contributed by atoms with van der Waals surface area (Å²) in [4.78, 5) is 4.52. The molecule has 0 saturated heterocycles. The van der Waals surface area contributed by atoms with Crippen molar-refractivity contribution in [1.29, 1.82) is 0 Å². The molecule has 1 fully saturated rings. The van der Waals surface area contributed by atoms with E-state index < -0.39 is 0 Å². The van der Waals surface area contributed by atoms with Gasteiger partial charge in [0.2, 0.25) is 5.88 Å². The first kappa shape index (κ1) is 13.3. The van der Waals surface area contributed by atoms with Crippen molar-refractivity contribution in [3.8, 4) is 5.88 Å². The molecule has 0 unspecified atom stereocenters. The van der Waals surface area contributed by atoms with Crippen molar-refractivity contribution in [2.75, 3.05) is 6.61 Å². The van der Waals surface area contributed by atoms with E-state index in [2.05, 4.69) is 24.1 Å². The molecule has 0 bridgehead atoms. The van der Waals surface area contributed by atoms with E-state index in [9.17, 15) is 0 Å². The molecule has 1 heterocycles. The molecule has 0 amide bonds. The van der Waals surface area contributed by atoms with Gasteiger partial charge < -0.3 is 10.1 Å².